The van der Waals surface area contributed by atoms with Crippen LogP contribution in [0.5, 0.6) is 0 Å². The fraction of sp³-hybridized carbons (Fsp3) is 0.300. The summed E-state index contributed by atoms with van der Waals surface area (Å²) < 4.78 is 6.32. The monoisotopic (exact) mass is 397 g/mol. The van der Waals surface area contributed by atoms with E-state index in [1.807, 2.05) is 37.3 Å². The Morgan fingerprint density at radius 3 is 2.62 bits per heavy atom. The SMILES string of the molecule is CCCCN(C(=O)c1cc(C)no1)c1c(N)n(Cc2ccccc2)c(=O)[nH]c1=O. The van der Waals surface area contributed by atoms with Crippen LogP contribution in [-0.2, 0) is 6.54 Å². The number of aromatic amines is 1. The van der Waals surface area contributed by atoms with Gasteiger partial charge in [0.25, 0.3) is 11.5 Å². The lowest BCUT2D eigenvalue weighted by Gasteiger charge is -2.23. The molecule has 3 aromatic rings. The molecule has 152 valence electrons. The van der Waals surface area contributed by atoms with Gasteiger partial charge in [-0.05, 0) is 18.9 Å². The molecule has 9 heteroatoms. The van der Waals surface area contributed by atoms with E-state index in [1.165, 1.54) is 15.5 Å². The number of hydrogen-bond donors (Lipinski definition) is 2. The molecule has 1 aromatic carbocycles. The van der Waals surface area contributed by atoms with Crippen molar-refractivity contribution >= 4 is 17.4 Å². The van der Waals surface area contributed by atoms with Gasteiger partial charge in [0.1, 0.15) is 5.82 Å². The molecule has 0 radical (unpaired) electrons. The highest BCUT2D eigenvalue weighted by Gasteiger charge is 2.27. The molecule has 1 amide bonds. The summed E-state index contributed by atoms with van der Waals surface area (Å²) in [7, 11) is 0. The number of anilines is 2. The third-order valence-corrected chi connectivity index (χ3v) is 4.49. The summed E-state index contributed by atoms with van der Waals surface area (Å²) in [6.45, 7) is 4.06. The maximum Gasteiger partial charge on any atom is 0.330 e. The van der Waals surface area contributed by atoms with Crippen molar-refractivity contribution in [2.45, 2.75) is 33.2 Å². The third-order valence-electron chi connectivity index (χ3n) is 4.49. The normalized spacial score (nSPS) is 10.8. The fourth-order valence-corrected chi connectivity index (χ4v) is 2.99. The zero-order chi connectivity index (χ0) is 21.0. The minimum absolute atomic E-state index is 0.00166. The minimum Gasteiger partial charge on any atom is -0.383 e. The van der Waals surface area contributed by atoms with E-state index in [4.69, 9.17) is 10.3 Å². The predicted octanol–water partition coefficient (Wildman–Crippen LogP) is 1.91. The quantitative estimate of drug-likeness (QED) is 0.627. The minimum atomic E-state index is -0.725. The fourth-order valence-electron chi connectivity index (χ4n) is 2.99. The number of unbranched alkanes of at least 4 members (excludes halogenated alkanes) is 1. The summed E-state index contributed by atoms with van der Waals surface area (Å²) in [5.74, 6) is -0.623. The molecule has 3 N–H and O–H groups in total. The highest BCUT2D eigenvalue weighted by atomic mass is 16.5. The first kappa shape index (κ1) is 20.1. The number of rotatable bonds is 7. The first-order valence-corrected chi connectivity index (χ1v) is 9.34. The van der Waals surface area contributed by atoms with E-state index < -0.39 is 17.2 Å². The van der Waals surface area contributed by atoms with Crippen molar-refractivity contribution in [3.63, 3.8) is 0 Å². The molecule has 3 rings (SSSR count). The van der Waals surface area contributed by atoms with Crippen molar-refractivity contribution in [3.8, 4) is 0 Å². The van der Waals surface area contributed by atoms with E-state index in [0.717, 1.165) is 12.0 Å². The smallest absolute Gasteiger partial charge is 0.330 e. The number of carbonyl (C=O) groups excluding carboxylic acids is 1. The second-order valence-electron chi connectivity index (χ2n) is 6.71. The number of hydrogen-bond acceptors (Lipinski definition) is 6. The molecule has 29 heavy (non-hydrogen) atoms. The summed E-state index contributed by atoms with van der Waals surface area (Å²) >= 11 is 0. The van der Waals surface area contributed by atoms with Gasteiger partial charge in [0.05, 0.1) is 12.2 Å². The van der Waals surface area contributed by atoms with E-state index in [1.54, 1.807) is 6.92 Å². The lowest BCUT2D eigenvalue weighted by Crippen LogP contribution is -2.41. The van der Waals surface area contributed by atoms with Gasteiger partial charge in [-0.25, -0.2) is 4.79 Å². The first-order chi connectivity index (χ1) is 13.9. The number of aryl methyl sites for hydroxylation is 1. The lowest BCUT2D eigenvalue weighted by atomic mass is 10.2. The molecular weight excluding hydrogens is 374 g/mol. The molecule has 0 fully saturated rings. The average molecular weight is 397 g/mol. The number of nitrogens with zero attached hydrogens (tertiary/aromatic N) is 3. The molecular formula is C20H23N5O4. The van der Waals surface area contributed by atoms with Crippen molar-refractivity contribution in [2.24, 2.45) is 0 Å². The van der Waals surface area contributed by atoms with Crippen LogP contribution in [0.3, 0.4) is 0 Å². The van der Waals surface area contributed by atoms with E-state index in [9.17, 15) is 14.4 Å². The molecule has 0 aliphatic carbocycles. The highest BCUT2D eigenvalue weighted by molar-refractivity contribution is 6.05. The summed E-state index contributed by atoms with van der Waals surface area (Å²) in [5.41, 5.74) is 6.16. The van der Waals surface area contributed by atoms with Crippen LogP contribution >= 0.6 is 0 Å². The zero-order valence-corrected chi connectivity index (χ0v) is 16.3. The average Bonchev–Trinajstić information content (AvgIpc) is 3.14. The maximum atomic E-state index is 13.0. The number of amides is 1. The maximum absolute atomic E-state index is 13.0. The van der Waals surface area contributed by atoms with Gasteiger partial charge < -0.3 is 10.3 Å². The standard InChI is InChI=1S/C20H23N5O4/c1-3-4-10-24(19(27)15-11-13(2)23-29-15)16-17(21)25(20(28)22-18(16)26)12-14-8-6-5-7-9-14/h5-9,11H,3-4,10,12,21H2,1-2H3,(H,22,26,28). The van der Waals surface area contributed by atoms with Crippen LogP contribution in [0.25, 0.3) is 0 Å². The largest absolute Gasteiger partial charge is 0.383 e. The van der Waals surface area contributed by atoms with Crippen LogP contribution in [0.1, 0.15) is 41.6 Å². The summed E-state index contributed by atoms with van der Waals surface area (Å²) in [6, 6.07) is 10.7. The van der Waals surface area contributed by atoms with Gasteiger partial charge in [-0.2, -0.15) is 0 Å². The number of carbonyl (C=O) groups is 1. The Morgan fingerprint density at radius 2 is 2.00 bits per heavy atom. The van der Waals surface area contributed by atoms with Crippen LogP contribution in [-0.4, -0.2) is 27.2 Å². The number of aromatic nitrogens is 3. The Kier molecular flexibility index (Phi) is 5.96. The molecule has 2 heterocycles. The van der Waals surface area contributed by atoms with Crippen molar-refractivity contribution in [3.05, 3.63) is 74.3 Å². The predicted molar refractivity (Wildman–Crippen MR) is 109 cm³/mol. The van der Waals surface area contributed by atoms with Crippen molar-refractivity contribution in [1.29, 1.82) is 0 Å². The molecule has 0 aliphatic heterocycles. The number of H-pyrrole nitrogens is 1. The van der Waals surface area contributed by atoms with E-state index in [0.29, 0.717) is 12.1 Å². The van der Waals surface area contributed by atoms with Crippen molar-refractivity contribution in [2.75, 3.05) is 17.2 Å². The molecule has 0 unspecified atom stereocenters. The second-order valence-corrected chi connectivity index (χ2v) is 6.71. The molecule has 2 aromatic heterocycles. The Morgan fingerprint density at radius 1 is 1.28 bits per heavy atom. The van der Waals surface area contributed by atoms with Gasteiger partial charge in [-0.3, -0.25) is 24.0 Å². The topological polar surface area (TPSA) is 127 Å². The van der Waals surface area contributed by atoms with Crippen LogP contribution in [0, 0.1) is 6.92 Å². The summed E-state index contributed by atoms with van der Waals surface area (Å²) in [4.78, 5) is 41.6. The molecule has 0 saturated carbocycles. The second kappa shape index (κ2) is 8.59. The van der Waals surface area contributed by atoms with Gasteiger partial charge in [0, 0.05) is 12.6 Å². The van der Waals surface area contributed by atoms with Gasteiger partial charge >= 0.3 is 5.69 Å². The molecule has 0 spiro atoms. The molecule has 0 saturated heterocycles. The zero-order valence-electron chi connectivity index (χ0n) is 16.3. The van der Waals surface area contributed by atoms with Gasteiger partial charge in [0.15, 0.2) is 5.69 Å². The van der Waals surface area contributed by atoms with Gasteiger partial charge in [-0.1, -0.05) is 48.8 Å². The van der Waals surface area contributed by atoms with Gasteiger partial charge in [0.2, 0.25) is 5.76 Å². The van der Waals surface area contributed by atoms with Crippen LogP contribution in [0.15, 0.2) is 50.5 Å². The first-order valence-electron chi connectivity index (χ1n) is 9.34. The van der Waals surface area contributed by atoms with Crippen molar-refractivity contribution in [1.82, 2.24) is 14.7 Å². The number of benzene rings is 1. The Labute approximate surface area is 166 Å². The Hall–Kier alpha value is -3.62. The lowest BCUT2D eigenvalue weighted by molar-refractivity contribution is 0.0950. The van der Waals surface area contributed by atoms with E-state index >= 15 is 0 Å². The Balaban J connectivity index is 2.09. The molecule has 0 bridgehead atoms. The number of nitrogens with one attached hydrogen (secondary N) is 1. The highest BCUT2D eigenvalue weighted by Crippen LogP contribution is 2.21. The summed E-state index contributed by atoms with van der Waals surface area (Å²) in [5, 5.41) is 3.73. The van der Waals surface area contributed by atoms with Crippen LogP contribution in [0.2, 0.25) is 0 Å². The Bertz CT molecular complexity index is 1110. The summed E-state index contributed by atoms with van der Waals surface area (Å²) in [6.07, 6.45) is 1.43. The third kappa shape index (κ3) is 4.29. The van der Waals surface area contributed by atoms with Crippen LogP contribution in [0.4, 0.5) is 11.5 Å². The van der Waals surface area contributed by atoms with Crippen LogP contribution < -0.4 is 21.9 Å². The van der Waals surface area contributed by atoms with E-state index in [2.05, 4.69) is 10.1 Å². The van der Waals surface area contributed by atoms with E-state index in [-0.39, 0.29) is 30.4 Å². The molecule has 9 nitrogen and oxygen atoms in total. The van der Waals surface area contributed by atoms with Gasteiger partial charge in [-0.15, -0.1) is 0 Å². The number of nitrogens with two attached hydrogens (primary N) is 1. The number of nitrogen functional groups attached to an aromatic ring is 1. The van der Waals surface area contributed by atoms with Crippen molar-refractivity contribution < 1.29 is 9.32 Å². The molecule has 0 aliphatic rings. The molecule has 0 atom stereocenters.